The van der Waals surface area contributed by atoms with Crippen LogP contribution in [0.1, 0.15) is 54.6 Å². The zero-order valence-electron chi connectivity index (χ0n) is 17.1. The van der Waals surface area contributed by atoms with E-state index in [0.29, 0.717) is 35.6 Å². The summed E-state index contributed by atoms with van der Waals surface area (Å²) in [5.74, 6) is 0.314. The van der Waals surface area contributed by atoms with Gasteiger partial charge in [-0.25, -0.2) is 8.42 Å². The highest BCUT2D eigenvalue weighted by Gasteiger charge is 2.31. The van der Waals surface area contributed by atoms with Gasteiger partial charge in [0.05, 0.1) is 4.90 Å². The highest BCUT2D eigenvalue weighted by molar-refractivity contribution is 7.89. The van der Waals surface area contributed by atoms with E-state index >= 15 is 0 Å². The molecule has 0 aliphatic carbocycles. The van der Waals surface area contributed by atoms with Crippen molar-refractivity contribution in [3.63, 3.8) is 0 Å². The number of carbonyl (C=O) groups is 1. The monoisotopic (exact) mass is 450 g/mol. The molecule has 0 bridgehead atoms. The van der Waals surface area contributed by atoms with Crippen molar-refractivity contribution in [2.24, 2.45) is 11.8 Å². The Labute approximate surface area is 180 Å². The summed E-state index contributed by atoms with van der Waals surface area (Å²) in [5.41, 5.74) is 0.364. The van der Waals surface area contributed by atoms with Crippen LogP contribution in [-0.2, 0) is 14.8 Å². The first-order valence-electron chi connectivity index (χ1n) is 10.2. The third kappa shape index (κ3) is 4.56. The lowest BCUT2D eigenvalue weighted by Crippen LogP contribution is -2.42. The predicted octanol–water partition coefficient (Wildman–Crippen LogP) is 3.31. The molecule has 2 aliphatic heterocycles. The number of carbonyl (C=O) groups excluding carboxylic acids is 1. The maximum absolute atomic E-state index is 13.0. The normalized spacial score (nSPS) is 25.3. The Bertz CT molecular complexity index is 990. The first-order valence-corrected chi connectivity index (χ1v) is 12.4. The lowest BCUT2D eigenvalue weighted by molar-refractivity contribution is 0.102. The smallest absolute Gasteiger partial charge is 0.257 e. The van der Waals surface area contributed by atoms with Crippen LogP contribution in [0, 0.1) is 11.8 Å². The zero-order valence-corrected chi connectivity index (χ0v) is 18.7. The number of hydrogen-bond acceptors (Lipinski definition) is 7. The van der Waals surface area contributed by atoms with Crippen molar-refractivity contribution in [2.45, 2.75) is 44.1 Å². The van der Waals surface area contributed by atoms with Crippen LogP contribution in [-0.4, -0.2) is 48.5 Å². The molecule has 1 aromatic heterocycles. The van der Waals surface area contributed by atoms with Gasteiger partial charge in [-0.05, 0) is 55.4 Å². The molecule has 162 valence electrons. The number of hydrogen-bond donors (Lipinski definition) is 1. The van der Waals surface area contributed by atoms with Crippen LogP contribution in [0.5, 0.6) is 0 Å². The van der Waals surface area contributed by atoms with Crippen LogP contribution >= 0.6 is 11.3 Å². The van der Waals surface area contributed by atoms with Gasteiger partial charge in [0, 0.05) is 25.3 Å². The van der Waals surface area contributed by atoms with Crippen LogP contribution in [0.2, 0.25) is 0 Å². The number of nitrogens with zero attached hydrogens (tertiary/aromatic N) is 3. The van der Waals surface area contributed by atoms with Gasteiger partial charge in [-0.2, -0.15) is 4.31 Å². The van der Waals surface area contributed by atoms with Crippen LogP contribution in [0.4, 0.5) is 5.13 Å². The van der Waals surface area contributed by atoms with Crippen molar-refractivity contribution in [1.29, 1.82) is 0 Å². The van der Waals surface area contributed by atoms with Crippen LogP contribution in [0.15, 0.2) is 29.2 Å². The predicted molar refractivity (Wildman–Crippen MR) is 114 cm³/mol. The number of aromatic nitrogens is 2. The first kappa shape index (κ1) is 21.4. The Morgan fingerprint density at radius 1 is 1.17 bits per heavy atom. The molecule has 1 N–H and O–H groups in total. The standard InChI is InChI=1S/C20H26N4O4S2/c1-13-10-14(2)12-24(11-13)30(26,27)16-7-5-15(6-8-16)18(25)21-20-23-22-19(29-20)17-4-3-9-28-17/h5-8,13-14,17H,3-4,9-12H2,1-2H3,(H,21,23,25). The van der Waals surface area contributed by atoms with Crippen LogP contribution < -0.4 is 5.32 Å². The van der Waals surface area contributed by atoms with Crippen molar-refractivity contribution in [2.75, 3.05) is 25.0 Å². The summed E-state index contributed by atoms with van der Waals surface area (Å²) < 4.78 is 33.1. The lowest BCUT2D eigenvalue weighted by Gasteiger charge is -2.34. The molecular formula is C20H26N4O4S2. The molecule has 0 saturated carbocycles. The Hall–Kier alpha value is -1.88. The summed E-state index contributed by atoms with van der Waals surface area (Å²) in [6, 6.07) is 6.04. The molecule has 2 fully saturated rings. The Balaban J connectivity index is 1.43. The van der Waals surface area contributed by atoms with E-state index in [2.05, 4.69) is 29.4 Å². The lowest BCUT2D eigenvalue weighted by atomic mass is 9.94. The minimum atomic E-state index is -3.57. The topological polar surface area (TPSA) is 101 Å². The van der Waals surface area contributed by atoms with Crippen LogP contribution in [0.3, 0.4) is 0 Å². The maximum Gasteiger partial charge on any atom is 0.257 e. The molecule has 1 amide bonds. The van der Waals surface area contributed by atoms with E-state index in [9.17, 15) is 13.2 Å². The summed E-state index contributed by atoms with van der Waals surface area (Å²) in [4.78, 5) is 12.7. The van der Waals surface area contributed by atoms with Crippen molar-refractivity contribution in [1.82, 2.24) is 14.5 Å². The molecule has 10 heteroatoms. The molecular weight excluding hydrogens is 424 g/mol. The summed E-state index contributed by atoms with van der Waals surface area (Å²) in [6.45, 7) is 5.92. The molecule has 3 atom stereocenters. The second-order valence-corrected chi connectivity index (χ2v) is 11.1. The maximum atomic E-state index is 13.0. The van der Waals surface area contributed by atoms with Gasteiger partial charge in [0.1, 0.15) is 11.1 Å². The first-order chi connectivity index (χ1) is 14.3. The largest absolute Gasteiger partial charge is 0.371 e. The molecule has 3 unspecified atom stereocenters. The average Bonchev–Trinajstić information content (AvgIpc) is 3.39. The van der Waals surface area contributed by atoms with Gasteiger partial charge >= 0.3 is 0 Å². The third-order valence-electron chi connectivity index (χ3n) is 5.46. The van der Waals surface area contributed by atoms with Gasteiger partial charge in [-0.1, -0.05) is 25.2 Å². The van der Waals surface area contributed by atoms with E-state index in [1.54, 1.807) is 4.31 Å². The van der Waals surface area contributed by atoms with Gasteiger partial charge in [0.2, 0.25) is 15.2 Å². The Morgan fingerprint density at radius 2 is 1.87 bits per heavy atom. The van der Waals surface area contributed by atoms with Crippen molar-refractivity contribution < 1.29 is 17.9 Å². The molecule has 30 heavy (non-hydrogen) atoms. The fourth-order valence-corrected chi connectivity index (χ4v) is 6.59. The number of anilines is 1. The summed E-state index contributed by atoms with van der Waals surface area (Å²) in [6.07, 6.45) is 2.90. The van der Waals surface area contributed by atoms with Gasteiger partial charge in [0.15, 0.2) is 0 Å². The molecule has 3 heterocycles. The Kier molecular flexibility index (Phi) is 6.19. The number of amides is 1. The second-order valence-electron chi connectivity index (χ2n) is 8.19. The molecule has 2 aromatic rings. The summed E-state index contributed by atoms with van der Waals surface area (Å²) >= 11 is 1.30. The van der Waals surface area contributed by atoms with Crippen molar-refractivity contribution in [3.05, 3.63) is 34.8 Å². The molecule has 8 nitrogen and oxygen atoms in total. The van der Waals surface area contributed by atoms with Gasteiger partial charge < -0.3 is 4.74 Å². The second kappa shape index (κ2) is 8.70. The molecule has 2 aliphatic rings. The van der Waals surface area contributed by atoms with E-state index in [1.165, 1.54) is 35.6 Å². The fourth-order valence-electron chi connectivity index (χ4n) is 4.09. The van der Waals surface area contributed by atoms with Gasteiger partial charge in [0.25, 0.3) is 5.91 Å². The summed E-state index contributed by atoms with van der Waals surface area (Å²) in [7, 11) is -3.57. The quantitative estimate of drug-likeness (QED) is 0.750. The van der Waals surface area contributed by atoms with Crippen LogP contribution in [0.25, 0.3) is 0 Å². The highest BCUT2D eigenvalue weighted by Crippen LogP contribution is 2.32. The third-order valence-corrected chi connectivity index (χ3v) is 8.23. The summed E-state index contributed by atoms with van der Waals surface area (Å²) in [5, 5.41) is 12.0. The molecule has 4 rings (SSSR count). The number of sulfonamides is 1. The van der Waals surface area contributed by atoms with E-state index in [4.69, 9.17) is 4.74 Å². The number of benzene rings is 1. The van der Waals surface area contributed by atoms with E-state index in [-0.39, 0.29) is 16.9 Å². The van der Waals surface area contributed by atoms with E-state index in [1.807, 2.05) is 0 Å². The van der Waals surface area contributed by atoms with Gasteiger partial charge in [-0.15, -0.1) is 10.2 Å². The number of piperidine rings is 1. The molecule has 1 aromatic carbocycles. The van der Waals surface area contributed by atoms with Crippen molar-refractivity contribution >= 4 is 32.4 Å². The highest BCUT2D eigenvalue weighted by atomic mass is 32.2. The SMILES string of the molecule is CC1CC(C)CN(S(=O)(=O)c2ccc(C(=O)Nc3nnc(C4CCCO4)s3)cc2)C1. The molecule has 2 saturated heterocycles. The average molecular weight is 451 g/mol. The fraction of sp³-hybridized carbons (Fsp3) is 0.550. The Morgan fingerprint density at radius 3 is 2.50 bits per heavy atom. The van der Waals surface area contributed by atoms with Crippen molar-refractivity contribution in [3.8, 4) is 0 Å². The van der Waals surface area contributed by atoms with Gasteiger partial charge in [-0.3, -0.25) is 10.1 Å². The number of rotatable bonds is 5. The number of nitrogens with one attached hydrogen (secondary N) is 1. The minimum Gasteiger partial charge on any atom is -0.371 e. The molecule has 0 spiro atoms. The zero-order chi connectivity index (χ0) is 21.3. The number of ether oxygens (including phenoxy) is 1. The molecule has 0 radical (unpaired) electrons. The van der Waals surface area contributed by atoms with E-state index < -0.39 is 10.0 Å². The van der Waals surface area contributed by atoms with E-state index in [0.717, 1.165) is 30.9 Å². The minimum absolute atomic E-state index is 0.0436.